The molecule has 0 fully saturated rings. The van der Waals surface area contributed by atoms with Crippen molar-refractivity contribution >= 4 is 5.97 Å². The van der Waals surface area contributed by atoms with Gasteiger partial charge in [-0.05, 0) is 5.57 Å². The third kappa shape index (κ3) is 3.49. The van der Waals surface area contributed by atoms with Crippen molar-refractivity contribution in [2.45, 2.75) is 6.42 Å². The molecule has 0 aromatic rings. The number of allylic oxidation sites excluding steroid dienone is 1. The van der Waals surface area contributed by atoms with Crippen LogP contribution in [0.25, 0.3) is 0 Å². The summed E-state index contributed by atoms with van der Waals surface area (Å²) in [4.78, 5) is 13.6. The van der Waals surface area contributed by atoms with Crippen LogP contribution >= 0.6 is 0 Å². The molecular formula is C6H8O3. The van der Waals surface area contributed by atoms with Gasteiger partial charge in [0.25, 0.3) is 0 Å². The average Bonchev–Trinajstić information content (AvgIpc) is 1.87. The first-order valence-corrected chi connectivity index (χ1v) is 2.35. The molecule has 0 atom stereocenters. The van der Waals surface area contributed by atoms with Crippen LogP contribution in [0.15, 0.2) is 24.8 Å². The van der Waals surface area contributed by atoms with Crippen molar-refractivity contribution in [3.63, 3.8) is 0 Å². The van der Waals surface area contributed by atoms with Gasteiger partial charge in [0.15, 0.2) is 0 Å². The number of hydrogen-bond acceptors (Lipinski definition) is 3. The summed E-state index contributed by atoms with van der Waals surface area (Å²) in [5.41, 5.74) is 0.522. The van der Waals surface area contributed by atoms with Gasteiger partial charge in [-0.25, -0.2) is 4.79 Å². The third-order valence-electron chi connectivity index (χ3n) is 0.762. The monoisotopic (exact) mass is 128 g/mol. The summed E-state index contributed by atoms with van der Waals surface area (Å²) < 4.78 is 0. The molecule has 0 aliphatic heterocycles. The summed E-state index contributed by atoms with van der Waals surface area (Å²) in [6, 6.07) is 0. The van der Waals surface area contributed by atoms with E-state index in [1.807, 2.05) is 0 Å². The molecule has 9 heavy (non-hydrogen) atoms. The Kier molecular flexibility index (Phi) is 3.39. The van der Waals surface area contributed by atoms with Gasteiger partial charge in [-0.2, -0.15) is 5.26 Å². The van der Waals surface area contributed by atoms with Gasteiger partial charge in [-0.15, -0.1) is 0 Å². The van der Waals surface area contributed by atoms with Crippen molar-refractivity contribution in [1.82, 2.24) is 0 Å². The predicted molar refractivity (Wildman–Crippen MR) is 32.7 cm³/mol. The maximum absolute atomic E-state index is 10.2. The molecule has 0 heterocycles. The first kappa shape index (κ1) is 7.91. The van der Waals surface area contributed by atoms with Crippen LogP contribution in [-0.2, 0) is 9.68 Å². The lowest BCUT2D eigenvalue weighted by atomic mass is 10.2. The number of carbonyl (C=O) groups is 1. The van der Waals surface area contributed by atoms with E-state index < -0.39 is 5.97 Å². The molecule has 0 rings (SSSR count). The van der Waals surface area contributed by atoms with Crippen LogP contribution < -0.4 is 0 Å². The predicted octanol–water partition coefficient (Wildman–Crippen LogP) is 1.13. The van der Waals surface area contributed by atoms with Gasteiger partial charge in [-0.1, -0.05) is 19.2 Å². The molecule has 0 aliphatic rings. The first-order chi connectivity index (χ1) is 4.20. The van der Waals surface area contributed by atoms with E-state index in [9.17, 15) is 4.79 Å². The maximum atomic E-state index is 10.2. The summed E-state index contributed by atoms with van der Waals surface area (Å²) in [5.74, 6) is -0.722. The van der Waals surface area contributed by atoms with E-state index in [2.05, 4.69) is 18.0 Å². The van der Waals surface area contributed by atoms with Crippen LogP contribution in [0, 0.1) is 0 Å². The Morgan fingerprint density at radius 1 is 1.78 bits per heavy atom. The highest BCUT2D eigenvalue weighted by molar-refractivity contribution is 5.72. The zero-order chi connectivity index (χ0) is 7.28. The van der Waals surface area contributed by atoms with Gasteiger partial charge in [0.1, 0.15) is 0 Å². The molecule has 3 nitrogen and oxygen atoms in total. The SMILES string of the molecule is C=CC(=C)CC(=O)OO. The minimum atomic E-state index is -0.722. The average molecular weight is 128 g/mol. The molecule has 0 spiro atoms. The Morgan fingerprint density at radius 2 is 2.33 bits per heavy atom. The summed E-state index contributed by atoms with van der Waals surface area (Å²) in [5, 5.41) is 7.75. The molecule has 0 saturated heterocycles. The molecule has 0 aromatic carbocycles. The normalized spacial score (nSPS) is 8.11. The third-order valence-corrected chi connectivity index (χ3v) is 0.762. The Balaban J connectivity index is 3.59. The van der Waals surface area contributed by atoms with Crippen LogP contribution in [0.3, 0.4) is 0 Å². The van der Waals surface area contributed by atoms with Crippen molar-refractivity contribution < 1.29 is 14.9 Å². The molecule has 50 valence electrons. The second-order valence-corrected chi connectivity index (χ2v) is 1.50. The number of carbonyl (C=O) groups excluding carboxylic acids is 1. The van der Waals surface area contributed by atoms with Crippen LogP contribution in [0.4, 0.5) is 0 Å². The Hall–Kier alpha value is -1.09. The lowest BCUT2D eigenvalue weighted by molar-refractivity contribution is -0.233. The summed E-state index contributed by atoms with van der Waals surface area (Å²) in [7, 11) is 0. The fourth-order valence-electron chi connectivity index (χ4n) is 0.290. The molecule has 0 saturated carbocycles. The highest BCUT2D eigenvalue weighted by Crippen LogP contribution is 1.98. The van der Waals surface area contributed by atoms with Gasteiger partial charge < -0.3 is 4.89 Å². The van der Waals surface area contributed by atoms with Crippen LogP contribution in [0.5, 0.6) is 0 Å². The fourth-order valence-corrected chi connectivity index (χ4v) is 0.290. The van der Waals surface area contributed by atoms with E-state index in [1.54, 1.807) is 0 Å². The molecule has 0 amide bonds. The van der Waals surface area contributed by atoms with Gasteiger partial charge in [0.05, 0.1) is 6.42 Å². The Labute approximate surface area is 53.2 Å². The van der Waals surface area contributed by atoms with E-state index in [1.165, 1.54) is 6.08 Å². The lowest BCUT2D eigenvalue weighted by Crippen LogP contribution is -2.00. The minimum absolute atomic E-state index is 0.0139. The molecule has 3 heteroatoms. The van der Waals surface area contributed by atoms with Gasteiger partial charge in [-0.3, -0.25) is 0 Å². The van der Waals surface area contributed by atoms with E-state index in [4.69, 9.17) is 5.26 Å². The van der Waals surface area contributed by atoms with Crippen molar-refractivity contribution in [3.05, 3.63) is 24.8 Å². The molecule has 1 N–H and O–H groups in total. The van der Waals surface area contributed by atoms with Crippen LogP contribution in [-0.4, -0.2) is 11.2 Å². The standard InChI is InChI=1S/C6H8O3/c1-3-5(2)4-6(7)9-8/h3,8H,1-2,4H2. The number of hydrogen-bond donors (Lipinski definition) is 1. The Bertz CT molecular complexity index is 137. The van der Waals surface area contributed by atoms with Crippen molar-refractivity contribution in [2.24, 2.45) is 0 Å². The molecule has 0 aliphatic carbocycles. The topological polar surface area (TPSA) is 46.5 Å². The smallest absolute Gasteiger partial charge is 0.301 e. The van der Waals surface area contributed by atoms with E-state index in [0.29, 0.717) is 5.57 Å². The van der Waals surface area contributed by atoms with Crippen LogP contribution in [0.2, 0.25) is 0 Å². The number of rotatable bonds is 3. The Morgan fingerprint density at radius 3 is 2.67 bits per heavy atom. The van der Waals surface area contributed by atoms with Crippen LogP contribution in [0.1, 0.15) is 6.42 Å². The summed E-state index contributed by atoms with van der Waals surface area (Å²) >= 11 is 0. The van der Waals surface area contributed by atoms with Crippen molar-refractivity contribution in [2.75, 3.05) is 0 Å². The largest absolute Gasteiger partial charge is 0.346 e. The molecular weight excluding hydrogens is 120 g/mol. The molecule has 0 bridgehead atoms. The molecule has 0 aromatic heterocycles. The second kappa shape index (κ2) is 3.86. The van der Waals surface area contributed by atoms with Crippen molar-refractivity contribution in [1.29, 1.82) is 0 Å². The van der Waals surface area contributed by atoms with Crippen molar-refractivity contribution in [3.8, 4) is 0 Å². The second-order valence-electron chi connectivity index (χ2n) is 1.50. The summed E-state index contributed by atoms with van der Waals surface area (Å²) in [6.07, 6.45) is 1.41. The maximum Gasteiger partial charge on any atom is 0.346 e. The quantitative estimate of drug-likeness (QED) is 0.352. The van der Waals surface area contributed by atoms with E-state index in [0.717, 1.165) is 0 Å². The van der Waals surface area contributed by atoms with Gasteiger partial charge >= 0.3 is 5.97 Å². The zero-order valence-electron chi connectivity index (χ0n) is 4.96. The molecule has 0 radical (unpaired) electrons. The molecule has 0 unspecified atom stereocenters. The zero-order valence-corrected chi connectivity index (χ0v) is 4.96. The minimum Gasteiger partial charge on any atom is -0.301 e. The fraction of sp³-hybridized carbons (Fsp3) is 0.167. The highest BCUT2D eigenvalue weighted by atomic mass is 17.1. The summed E-state index contributed by atoms with van der Waals surface area (Å²) in [6.45, 7) is 6.79. The van der Waals surface area contributed by atoms with Gasteiger partial charge in [0.2, 0.25) is 0 Å². The first-order valence-electron chi connectivity index (χ1n) is 2.35. The highest BCUT2D eigenvalue weighted by Gasteiger charge is 2.00. The van der Waals surface area contributed by atoms with E-state index in [-0.39, 0.29) is 6.42 Å². The van der Waals surface area contributed by atoms with Gasteiger partial charge in [0, 0.05) is 0 Å². The lowest BCUT2D eigenvalue weighted by Gasteiger charge is -1.93. The van der Waals surface area contributed by atoms with E-state index >= 15 is 0 Å².